The third kappa shape index (κ3) is 4.48. The van der Waals surface area contributed by atoms with E-state index in [-0.39, 0.29) is 6.04 Å². The zero-order valence-corrected chi connectivity index (χ0v) is 16.9. The van der Waals surface area contributed by atoms with Crippen molar-refractivity contribution >= 4 is 17.5 Å². The number of nitrogens with zero attached hydrogens (tertiary/aromatic N) is 2. The fraction of sp³-hybridized carbons (Fsp3) is 0.435. The molecule has 0 spiro atoms. The number of aromatic nitrogens is 1. The maximum Gasteiger partial charge on any atom is 0.313 e. The molecule has 2 unspecified atom stereocenters. The zero-order chi connectivity index (χ0) is 20.2. The van der Waals surface area contributed by atoms with Crippen molar-refractivity contribution in [2.24, 2.45) is 0 Å². The van der Waals surface area contributed by atoms with Crippen LogP contribution in [-0.2, 0) is 9.59 Å². The molecular weight excluding hydrogens is 364 g/mol. The molecule has 1 aromatic heterocycles. The number of anilines is 1. The largest absolute Gasteiger partial charge is 0.344 e. The number of amides is 2. The van der Waals surface area contributed by atoms with Gasteiger partial charge in [0, 0.05) is 30.2 Å². The lowest BCUT2D eigenvalue weighted by Gasteiger charge is -2.44. The predicted molar refractivity (Wildman–Crippen MR) is 113 cm³/mol. The van der Waals surface area contributed by atoms with Gasteiger partial charge in [-0.05, 0) is 80.6 Å². The molecule has 152 valence electrons. The minimum atomic E-state index is -0.604. The van der Waals surface area contributed by atoms with Gasteiger partial charge in [0.25, 0.3) is 0 Å². The molecule has 0 aliphatic carbocycles. The number of carbonyl (C=O) groups is 2. The lowest BCUT2D eigenvalue weighted by molar-refractivity contribution is -0.137. The lowest BCUT2D eigenvalue weighted by Crippen LogP contribution is -2.58. The first-order valence-corrected chi connectivity index (χ1v) is 10.5. The Labute approximate surface area is 171 Å². The molecule has 1 aromatic carbocycles. The summed E-state index contributed by atoms with van der Waals surface area (Å²) in [5, 5.41) is 5.80. The zero-order valence-electron chi connectivity index (χ0n) is 16.9. The lowest BCUT2D eigenvalue weighted by atomic mass is 9.89. The van der Waals surface area contributed by atoms with E-state index >= 15 is 0 Å². The molecule has 6 nitrogen and oxygen atoms in total. The molecule has 29 heavy (non-hydrogen) atoms. The first-order valence-electron chi connectivity index (χ1n) is 10.5. The van der Waals surface area contributed by atoms with Crippen molar-refractivity contribution in [3.05, 3.63) is 48.3 Å². The highest BCUT2D eigenvalue weighted by Gasteiger charge is 2.34. The molecule has 0 saturated carbocycles. The summed E-state index contributed by atoms with van der Waals surface area (Å²) in [4.78, 5) is 31.7. The fourth-order valence-electron chi connectivity index (χ4n) is 4.52. The molecule has 2 aromatic rings. The second-order valence-corrected chi connectivity index (χ2v) is 8.04. The van der Waals surface area contributed by atoms with E-state index in [9.17, 15) is 9.59 Å². The van der Waals surface area contributed by atoms with Crippen molar-refractivity contribution in [2.75, 3.05) is 18.4 Å². The maximum atomic E-state index is 12.6. The van der Waals surface area contributed by atoms with Crippen LogP contribution in [0.3, 0.4) is 0 Å². The molecule has 0 bridgehead atoms. The Morgan fingerprint density at radius 1 is 0.966 bits per heavy atom. The number of aryl methyl sites for hydroxylation is 1. The van der Waals surface area contributed by atoms with E-state index < -0.39 is 11.8 Å². The number of nitrogens with one attached hydrogen (secondary N) is 2. The molecule has 4 rings (SSSR count). The van der Waals surface area contributed by atoms with Crippen LogP contribution in [0.25, 0.3) is 11.1 Å². The molecule has 2 aliphatic heterocycles. The third-order valence-corrected chi connectivity index (χ3v) is 6.11. The summed E-state index contributed by atoms with van der Waals surface area (Å²) in [6.07, 6.45) is 9.00. The van der Waals surface area contributed by atoms with E-state index in [1.807, 2.05) is 37.3 Å². The van der Waals surface area contributed by atoms with E-state index in [4.69, 9.17) is 0 Å². The normalized spacial score (nSPS) is 21.8. The number of pyridine rings is 1. The Bertz CT molecular complexity index is 882. The van der Waals surface area contributed by atoms with Gasteiger partial charge in [-0.3, -0.25) is 19.5 Å². The highest BCUT2D eigenvalue weighted by atomic mass is 16.2. The summed E-state index contributed by atoms with van der Waals surface area (Å²) in [6, 6.07) is 10.1. The van der Waals surface area contributed by atoms with Gasteiger partial charge in [-0.15, -0.1) is 0 Å². The van der Waals surface area contributed by atoms with Gasteiger partial charge in [-0.2, -0.15) is 0 Å². The summed E-state index contributed by atoms with van der Waals surface area (Å²) < 4.78 is 0. The highest BCUT2D eigenvalue weighted by Crippen LogP contribution is 2.27. The first-order chi connectivity index (χ1) is 14.1. The summed E-state index contributed by atoms with van der Waals surface area (Å²) >= 11 is 0. The number of benzene rings is 1. The van der Waals surface area contributed by atoms with Gasteiger partial charge in [-0.1, -0.05) is 18.6 Å². The van der Waals surface area contributed by atoms with Crippen LogP contribution in [0.4, 0.5) is 5.69 Å². The average Bonchev–Trinajstić information content (AvgIpc) is 2.76. The third-order valence-electron chi connectivity index (χ3n) is 6.11. The van der Waals surface area contributed by atoms with E-state index in [2.05, 4.69) is 20.5 Å². The van der Waals surface area contributed by atoms with E-state index in [0.29, 0.717) is 11.7 Å². The SMILES string of the molecule is Cc1ccc(-c2ccncc2)cc1NC(=O)C(=O)NC1CCCN2CCCCC12. The number of fused-ring (bicyclic) bond motifs is 1. The van der Waals surface area contributed by atoms with E-state index in [0.717, 1.165) is 49.0 Å². The number of hydrogen-bond acceptors (Lipinski definition) is 4. The second kappa shape index (κ2) is 8.74. The predicted octanol–water partition coefficient (Wildman–Crippen LogP) is 3.13. The van der Waals surface area contributed by atoms with Crippen LogP contribution < -0.4 is 10.6 Å². The minimum Gasteiger partial charge on any atom is -0.344 e. The van der Waals surface area contributed by atoms with Crippen LogP contribution in [0.15, 0.2) is 42.7 Å². The highest BCUT2D eigenvalue weighted by molar-refractivity contribution is 6.39. The smallest absolute Gasteiger partial charge is 0.313 e. The van der Waals surface area contributed by atoms with Gasteiger partial charge in [0.1, 0.15) is 0 Å². The standard InChI is InChI=1S/C23H28N4O2/c1-16-7-8-18(17-9-11-24-12-10-17)15-20(16)26-23(29)22(28)25-19-5-4-14-27-13-3-2-6-21(19)27/h7-12,15,19,21H,2-6,13-14H2,1H3,(H,25,28)(H,26,29). The van der Waals surface area contributed by atoms with Crippen molar-refractivity contribution in [3.8, 4) is 11.1 Å². The van der Waals surface area contributed by atoms with Gasteiger partial charge in [0.2, 0.25) is 0 Å². The van der Waals surface area contributed by atoms with Gasteiger partial charge in [0.15, 0.2) is 0 Å². The molecule has 6 heteroatoms. The molecule has 2 saturated heterocycles. The van der Waals surface area contributed by atoms with Crippen molar-refractivity contribution in [1.82, 2.24) is 15.2 Å². The van der Waals surface area contributed by atoms with Crippen LogP contribution in [-0.4, -0.2) is 46.9 Å². The summed E-state index contributed by atoms with van der Waals surface area (Å²) in [7, 11) is 0. The van der Waals surface area contributed by atoms with Crippen LogP contribution in [0.2, 0.25) is 0 Å². The molecule has 2 amide bonds. The van der Waals surface area contributed by atoms with Gasteiger partial charge < -0.3 is 10.6 Å². The molecule has 2 fully saturated rings. The van der Waals surface area contributed by atoms with Gasteiger partial charge in [0.05, 0.1) is 0 Å². The Hall–Kier alpha value is -2.73. The summed E-state index contributed by atoms with van der Waals surface area (Å²) in [5.41, 5.74) is 3.56. The maximum absolute atomic E-state index is 12.6. The van der Waals surface area contributed by atoms with Crippen molar-refractivity contribution in [1.29, 1.82) is 0 Å². The fourth-order valence-corrected chi connectivity index (χ4v) is 4.52. The van der Waals surface area contributed by atoms with Crippen LogP contribution in [0.5, 0.6) is 0 Å². The molecule has 2 N–H and O–H groups in total. The average molecular weight is 393 g/mol. The Balaban J connectivity index is 1.43. The Morgan fingerprint density at radius 2 is 1.76 bits per heavy atom. The topological polar surface area (TPSA) is 74.3 Å². The van der Waals surface area contributed by atoms with E-state index in [1.165, 1.54) is 12.8 Å². The van der Waals surface area contributed by atoms with Crippen molar-refractivity contribution in [2.45, 2.75) is 51.1 Å². The van der Waals surface area contributed by atoms with Crippen molar-refractivity contribution in [3.63, 3.8) is 0 Å². The molecule has 2 aliphatic rings. The van der Waals surface area contributed by atoms with Crippen LogP contribution in [0, 0.1) is 6.92 Å². The minimum absolute atomic E-state index is 0.0616. The van der Waals surface area contributed by atoms with E-state index in [1.54, 1.807) is 12.4 Å². The number of rotatable bonds is 3. The second-order valence-electron chi connectivity index (χ2n) is 8.04. The Morgan fingerprint density at radius 3 is 2.59 bits per heavy atom. The van der Waals surface area contributed by atoms with Crippen LogP contribution >= 0.6 is 0 Å². The molecular formula is C23H28N4O2. The molecule has 0 radical (unpaired) electrons. The van der Waals surface area contributed by atoms with Gasteiger partial charge in [-0.25, -0.2) is 0 Å². The number of hydrogen-bond donors (Lipinski definition) is 2. The first kappa shape index (κ1) is 19.6. The molecule has 3 heterocycles. The van der Waals surface area contributed by atoms with Crippen molar-refractivity contribution < 1.29 is 9.59 Å². The summed E-state index contributed by atoms with van der Waals surface area (Å²) in [6.45, 7) is 4.12. The Kier molecular flexibility index (Phi) is 5.90. The quantitative estimate of drug-likeness (QED) is 0.787. The van der Waals surface area contributed by atoms with Crippen LogP contribution in [0.1, 0.15) is 37.7 Å². The monoisotopic (exact) mass is 392 g/mol. The summed E-state index contributed by atoms with van der Waals surface area (Å²) in [5.74, 6) is -1.15. The number of carbonyl (C=O) groups excluding carboxylic acids is 2. The number of piperidine rings is 2. The molecule has 2 atom stereocenters. The van der Waals surface area contributed by atoms with Gasteiger partial charge >= 0.3 is 11.8 Å².